The van der Waals surface area contributed by atoms with Crippen molar-refractivity contribution in [1.29, 1.82) is 0 Å². The molecule has 0 spiro atoms. The normalized spacial score (nSPS) is 12.8. The average Bonchev–Trinajstić information content (AvgIpc) is 2.20. The SMILES string of the molecule is CC(CO)CSc1ncnc(N)c1Cl. The monoisotopic (exact) mass is 233 g/mol. The lowest BCUT2D eigenvalue weighted by molar-refractivity contribution is 0.250. The van der Waals surface area contributed by atoms with E-state index in [9.17, 15) is 0 Å². The number of nitrogen functional groups attached to an aromatic ring is 1. The molecular formula is C8H12ClN3OS. The van der Waals surface area contributed by atoms with Crippen molar-refractivity contribution in [1.82, 2.24) is 9.97 Å². The Labute approximate surface area is 91.9 Å². The Morgan fingerprint density at radius 1 is 1.64 bits per heavy atom. The molecule has 1 aromatic rings. The Balaban J connectivity index is 2.63. The van der Waals surface area contributed by atoms with Crippen LogP contribution in [0.15, 0.2) is 11.4 Å². The topological polar surface area (TPSA) is 72.0 Å². The summed E-state index contributed by atoms with van der Waals surface area (Å²) in [6, 6.07) is 0. The van der Waals surface area contributed by atoms with Gasteiger partial charge in [0.25, 0.3) is 0 Å². The zero-order chi connectivity index (χ0) is 10.6. The Hall–Kier alpha value is -0.520. The molecular weight excluding hydrogens is 222 g/mol. The van der Waals surface area contributed by atoms with Crippen molar-refractivity contribution in [2.45, 2.75) is 11.9 Å². The van der Waals surface area contributed by atoms with Crippen molar-refractivity contribution < 1.29 is 5.11 Å². The summed E-state index contributed by atoms with van der Waals surface area (Å²) in [5.74, 6) is 1.26. The molecule has 0 saturated carbocycles. The molecule has 78 valence electrons. The molecule has 0 aliphatic heterocycles. The Morgan fingerprint density at radius 2 is 2.36 bits per heavy atom. The van der Waals surface area contributed by atoms with Gasteiger partial charge in [-0.15, -0.1) is 11.8 Å². The first kappa shape index (κ1) is 11.6. The quantitative estimate of drug-likeness (QED) is 0.608. The number of anilines is 1. The van der Waals surface area contributed by atoms with Crippen molar-refractivity contribution >= 4 is 29.2 Å². The van der Waals surface area contributed by atoms with Crippen molar-refractivity contribution in [3.63, 3.8) is 0 Å². The minimum atomic E-state index is 0.158. The van der Waals surface area contributed by atoms with Gasteiger partial charge in [0.2, 0.25) is 0 Å². The molecule has 3 N–H and O–H groups in total. The van der Waals surface area contributed by atoms with E-state index >= 15 is 0 Å². The van der Waals surface area contributed by atoms with Crippen LogP contribution in [0, 0.1) is 5.92 Å². The van der Waals surface area contributed by atoms with Crippen LogP contribution < -0.4 is 5.73 Å². The van der Waals surface area contributed by atoms with Gasteiger partial charge >= 0.3 is 0 Å². The number of rotatable bonds is 4. The van der Waals surface area contributed by atoms with Crippen LogP contribution in [-0.2, 0) is 0 Å². The molecule has 0 fully saturated rings. The first-order valence-electron chi connectivity index (χ1n) is 4.14. The third-order valence-electron chi connectivity index (χ3n) is 1.60. The number of hydrogen-bond donors (Lipinski definition) is 2. The van der Waals surface area contributed by atoms with Crippen LogP contribution in [0.2, 0.25) is 5.02 Å². The fourth-order valence-corrected chi connectivity index (χ4v) is 1.90. The van der Waals surface area contributed by atoms with Crippen LogP contribution >= 0.6 is 23.4 Å². The van der Waals surface area contributed by atoms with Crippen LogP contribution in [0.25, 0.3) is 0 Å². The largest absolute Gasteiger partial charge is 0.396 e. The van der Waals surface area contributed by atoms with E-state index in [1.165, 1.54) is 18.1 Å². The van der Waals surface area contributed by atoms with E-state index in [2.05, 4.69) is 9.97 Å². The van der Waals surface area contributed by atoms with E-state index in [1.807, 2.05) is 6.92 Å². The first-order chi connectivity index (χ1) is 6.65. The molecule has 1 unspecified atom stereocenters. The van der Waals surface area contributed by atoms with Crippen molar-refractivity contribution in [2.75, 3.05) is 18.1 Å². The molecule has 1 atom stereocenters. The lowest BCUT2D eigenvalue weighted by Crippen LogP contribution is -2.04. The molecule has 14 heavy (non-hydrogen) atoms. The number of aliphatic hydroxyl groups is 1. The highest BCUT2D eigenvalue weighted by molar-refractivity contribution is 7.99. The highest BCUT2D eigenvalue weighted by Crippen LogP contribution is 2.28. The minimum Gasteiger partial charge on any atom is -0.396 e. The molecule has 0 radical (unpaired) electrons. The maximum atomic E-state index is 8.83. The average molecular weight is 234 g/mol. The summed E-state index contributed by atoms with van der Waals surface area (Å²) < 4.78 is 0. The Kier molecular flexibility index (Phi) is 4.44. The highest BCUT2D eigenvalue weighted by atomic mass is 35.5. The molecule has 0 aliphatic carbocycles. The van der Waals surface area contributed by atoms with Crippen LogP contribution in [0.4, 0.5) is 5.82 Å². The lowest BCUT2D eigenvalue weighted by atomic mass is 10.2. The van der Waals surface area contributed by atoms with E-state index in [4.69, 9.17) is 22.4 Å². The second kappa shape index (κ2) is 5.38. The molecule has 0 bridgehead atoms. The highest BCUT2D eigenvalue weighted by Gasteiger charge is 2.08. The predicted octanol–water partition coefficient (Wildman–Crippen LogP) is 1.43. The van der Waals surface area contributed by atoms with Gasteiger partial charge in [0.1, 0.15) is 22.2 Å². The zero-order valence-electron chi connectivity index (χ0n) is 7.77. The summed E-state index contributed by atoms with van der Waals surface area (Å²) in [5.41, 5.74) is 5.51. The number of halogens is 1. The van der Waals surface area contributed by atoms with Gasteiger partial charge in [-0.05, 0) is 5.92 Å². The molecule has 1 rings (SSSR count). The van der Waals surface area contributed by atoms with Gasteiger partial charge in [0.15, 0.2) is 0 Å². The first-order valence-corrected chi connectivity index (χ1v) is 5.51. The maximum absolute atomic E-state index is 8.83. The molecule has 0 amide bonds. The molecule has 0 aromatic carbocycles. The van der Waals surface area contributed by atoms with Gasteiger partial charge < -0.3 is 10.8 Å². The number of aliphatic hydroxyl groups excluding tert-OH is 1. The van der Waals surface area contributed by atoms with Crippen LogP contribution in [0.5, 0.6) is 0 Å². The standard InChI is InChI=1S/C8H12ClN3OS/c1-5(2-13)3-14-8-6(9)7(10)11-4-12-8/h4-5,13H,2-3H2,1H3,(H2,10,11,12). The Morgan fingerprint density at radius 3 is 3.00 bits per heavy atom. The second-order valence-corrected chi connectivity index (χ2v) is 4.36. The predicted molar refractivity (Wildman–Crippen MR) is 58.4 cm³/mol. The fraction of sp³-hybridized carbons (Fsp3) is 0.500. The van der Waals surface area contributed by atoms with Crippen LogP contribution in [0.1, 0.15) is 6.92 Å². The summed E-state index contributed by atoms with van der Waals surface area (Å²) in [5, 5.41) is 9.89. The third kappa shape index (κ3) is 3.01. The molecule has 0 aliphatic rings. The molecule has 4 nitrogen and oxygen atoms in total. The maximum Gasteiger partial charge on any atom is 0.146 e. The fourth-order valence-electron chi connectivity index (χ4n) is 0.741. The number of nitrogens with two attached hydrogens (primary N) is 1. The van der Waals surface area contributed by atoms with E-state index in [0.717, 1.165) is 5.75 Å². The van der Waals surface area contributed by atoms with Crippen molar-refractivity contribution in [2.24, 2.45) is 5.92 Å². The van der Waals surface area contributed by atoms with Crippen LogP contribution in [-0.4, -0.2) is 27.4 Å². The van der Waals surface area contributed by atoms with Gasteiger partial charge in [-0.25, -0.2) is 9.97 Å². The molecule has 6 heteroatoms. The summed E-state index contributed by atoms with van der Waals surface area (Å²) >= 11 is 7.36. The number of aromatic nitrogens is 2. The molecule has 0 saturated heterocycles. The smallest absolute Gasteiger partial charge is 0.146 e. The second-order valence-electron chi connectivity index (χ2n) is 2.98. The van der Waals surface area contributed by atoms with E-state index in [1.54, 1.807) is 0 Å². The number of hydrogen-bond acceptors (Lipinski definition) is 5. The summed E-state index contributed by atoms with van der Waals surface area (Å²) in [7, 11) is 0. The molecule has 1 aromatic heterocycles. The molecule has 1 heterocycles. The summed E-state index contributed by atoms with van der Waals surface area (Å²) in [4.78, 5) is 7.76. The van der Waals surface area contributed by atoms with E-state index in [0.29, 0.717) is 15.9 Å². The number of thioether (sulfide) groups is 1. The summed E-state index contributed by atoms with van der Waals surface area (Å²) in [6.45, 7) is 2.11. The Bertz CT molecular complexity index is 311. The zero-order valence-corrected chi connectivity index (χ0v) is 9.35. The summed E-state index contributed by atoms with van der Waals surface area (Å²) in [6.07, 6.45) is 1.38. The van der Waals surface area contributed by atoms with E-state index in [-0.39, 0.29) is 12.5 Å². The van der Waals surface area contributed by atoms with Crippen molar-refractivity contribution in [3.8, 4) is 0 Å². The van der Waals surface area contributed by atoms with Crippen molar-refractivity contribution in [3.05, 3.63) is 11.3 Å². The van der Waals surface area contributed by atoms with E-state index < -0.39 is 0 Å². The van der Waals surface area contributed by atoms with Crippen LogP contribution in [0.3, 0.4) is 0 Å². The van der Waals surface area contributed by atoms with Gasteiger partial charge in [-0.1, -0.05) is 18.5 Å². The van der Waals surface area contributed by atoms with Gasteiger partial charge in [0, 0.05) is 12.4 Å². The van der Waals surface area contributed by atoms with Gasteiger partial charge in [-0.2, -0.15) is 0 Å². The third-order valence-corrected chi connectivity index (χ3v) is 3.40. The van der Waals surface area contributed by atoms with Gasteiger partial charge in [0.05, 0.1) is 0 Å². The van der Waals surface area contributed by atoms with Gasteiger partial charge in [-0.3, -0.25) is 0 Å². The minimum absolute atomic E-state index is 0.158. The lowest BCUT2D eigenvalue weighted by Gasteiger charge is -2.07. The number of nitrogens with zero attached hydrogens (tertiary/aromatic N) is 2.